The highest BCUT2D eigenvalue weighted by Crippen LogP contribution is 2.16. The van der Waals surface area contributed by atoms with E-state index < -0.39 is 6.04 Å². The average Bonchev–Trinajstić information content (AvgIpc) is 2.70. The number of ether oxygens (including phenoxy) is 1. The Kier molecular flexibility index (Phi) is 9.05. The molecular weight excluding hydrogens is 491 g/mol. The van der Waals surface area contributed by atoms with E-state index in [0.717, 1.165) is 15.6 Å². The van der Waals surface area contributed by atoms with Gasteiger partial charge in [-0.1, -0.05) is 30.7 Å². The highest BCUT2D eigenvalue weighted by Gasteiger charge is 2.26. The normalized spacial score (nSPS) is 11.6. The summed E-state index contributed by atoms with van der Waals surface area (Å²) in [5, 5.41) is 3.47. The van der Waals surface area contributed by atoms with Crippen LogP contribution in [-0.2, 0) is 16.1 Å². The second-order valence-corrected chi connectivity index (χ2v) is 8.04. The molecule has 0 saturated carbocycles. The van der Waals surface area contributed by atoms with Crippen LogP contribution in [0.1, 0.15) is 25.8 Å². The van der Waals surface area contributed by atoms with Crippen LogP contribution in [0.3, 0.4) is 0 Å². The van der Waals surface area contributed by atoms with Crippen LogP contribution in [-0.4, -0.2) is 35.9 Å². The van der Waals surface area contributed by atoms with Crippen LogP contribution in [0, 0.1) is 3.57 Å². The number of carbonyl (C=O) groups is 2. The summed E-state index contributed by atoms with van der Waals surface area (Å²) in [7, 11) is 0. The standard InChI is InChI=1S/C21H24ClIN2O3/c1-3-12-24-21(27)15(2)25(13-16-4-6-17(22)7-5-16)20(26)14-28-19-10-8-18(23)9-11-19/h4-11,15H,3,12-14H2,1-2H3,(H,24,27). The smallest absolute Gasteiger partial charge is 0.261 e. The summed E-state index contributed by atoms with van der Waals surface area (Å²) in [6, 6.07) is 14.1. The molecule has 1 unspecified atom stereocenters. The predicted octanol–water partition coefficient (Wildman–Crippen LogP) is 4.27. The van der Waals surface area contributed by atoms with Gasteiger partial charge in [-0.2, -0.15) is 0 Å². The number of nitrogens with one attached hydrogen (secondary N) is 1. The van der Waals surface area contributed by atoms with Crippen LogP contribution >= 0.6 is 34.2 Å². The van der Waals surface area contributed by atoms with Crippen LogP contribution in [0.5, 0.6) is 5.75 Å². The second-order valence-electron chi connectivity index (χ2n) is 6.36. The largest absolute Gasteiger partial charge is 0.484 e. The van der Waals surface area contributed by atoms with Gasteiger partial charge in [-0.25, -0.2) is 0 Å². The van der Waals surface area contributed by atoms with Crippen molar-refractivity contribution in [2.45, 2.75) is 32.9 Å². The lowest BCUT2D eigenvalue weighted by atomic mass is 10.1. The van der Waals surface area contributed by atoms with Gasteiger partial charge < -0.3 is 15.0 Å². The third-order valence-corrected chi connectivity index (χ3v) is 5.13. The molecule has 1 atom stereocenters. The summed E-state index contributed by atoms with van der Waals surface area (Å²) >= 11 is 8.15. The van der Waals surface area contributed by atoms with E-state index in [2.05, 4.69) is 27.9 Å². The first-order valence-corrected chi connectivity index (χ1v) is 10.6. The Labute approximate surface area is 184 Å². The monoisotopic (exact) mass is 514 g/mol. The second kappa shape index (κ2) is 11.3. The Hall–Kier alpha value is -1.80. The highest BCUT2D eigenvalue weighted by molar-refractivity contribution is 14.1. The van der Waals surface area contributed by atoms with Gasteiger partial charge in [-0.05, 0) is 77.9 Å². The van der Waals surface area contributed by atoms with Gasteiger partial charge >= 0.3 is 0 Å². The molecule has 150 valence electrons. The lowest BCUT2D eigenvalue weighted by Crippen LogP contribution is -2.49. The van der Waals surface area contributed by atoms with Crippen molar-refractivity contribution < 1.29 is 14.3 Å². The molecule has 28 heavy (non-hydrogen) atoms. The zero-order valence-electron chi connectivity index (χ0n) is 16.0. The molecule has 2 amide bonds. The number of carbonyl (C=O) groups excluding carboxylic acids is 2. The molecule has 0 heterocycles. The molecule has 0 fully saturated rings. The summed E-state index contributed by atoms with van der Waals surface area (Å²) < 4.78 is 6.71. The molecule has 0 saturated heterocycles. The van der Waals surface area contributed by atoms with Gasteiger partial charge in [0, 0.05) is 21.7 Å². The lowest BCUT2D eigenvalue weighted by Gasteiger charge is -2.28. The SMILES string of the molecule is CCCNC(=O)C(C)N(Cc1ccc(Cl)cc1)C(=O)COc1ccc(I)cc1. The first kappa shape index (κ1) is 22.5. The van der Waals surface area contributed by atoms with Gasteiger partial charge in [-0.15, -0.1) is 0 Å². The van der Waals surface area contributed by atoms with Crippen molar-refractivity contribution >= 4 is 46.0 Å². The number of halogens is 2. The van der Waals surface area contributed by atoms with E-state index in [-0.39, 0.29) is 18.4 Å². The van der Waals surface area contributed by atoms with Gasteiger partial charge in [0.05, 0.1) is 0 Å². The molecule has 1 N–H and O–H groups in total. The van der Waals surface area contributed by atoms with Crippen LogP contribution < -0.4 is 10.1 Å². The van der Waals surface area contributed by atoms with E-state index in [9.17, 15) is 9.59 Å². The molecular formula is C21H24ClIN2O3. The predicted molar refractivity (Wildman–Crippen MR) is 119 cm³/mol. The first-order chi connectivity index (χ1) is 13.4. The zero-order chi connectivity index (χ0) is 20.5. The number of amides is 2. The van der Waals surface area contributed by atoms with Gasteiger partial charge in [-0.3, -0.25) is 9.59 Å². The number of hydrogen-bond donors (Lipinski definition) is 1. The number of nitrogens with zero attached hydrogens (tertiary/aromatic N) is 1. The lowest BCUT2D eigenvalue weighted by molar-refractivity contribution is -0.142. The quantitative estimate of drug-likeness (QED) is 0.509. The van der Waals surface area contributed by atoms with E-state index >= 15 is 0 Å². The maximum absolute atomic E-state index is 12.9. The summed E-state index contributed by atoms with van der Waals surface area (Å²) in [4.78, 5) is 26.8. The van der Waals surface area contributed by atoms with E-state index in [1.165, 1.54) is 4.90 Å². The Balaban J connectivity index is 2.10. The maximum atomic E-state index is 12.9. The van der Waals surface area contributed by atoms with E-state index in [0.29, 0.717) is 23.9 Å². The average molecular weight is 515 g/mol. The van der Waals surface area contributed by atoms with Crippen LogP contribution in [0.15, 0.2) is 48.5 Å². The van der Waals surface area contributed by atoms with Crippen molar-refractivity contribution in [3.05, 3.63) is 62.7 Å². The fourth-order valence-corrected chi connectivity index (χ4v) is 3.01. The Morgan fingerprint density at radius 1 is 1.14 bits per heavy atom. The fourth-order valence-electron chi connectivity index (χ4n) is 2.52. The van der Waals surface area contributed by atoms with Gasteiger partial charge in [0.15, 0.2) is 6.61 Å². The summed E-state index contributed by atoms with van der Waals surface area (Å²) in [6.07, 6.45) is 0.833. The molecule has 0 aliphatic rings. The highest BCUT2D eigenvalue weighted by atomic mass is 127. The van der Waals surface area contributed by atoms with E-state index in [1.807, 2.05) is 43.3 Å². The molecule has 0 aliphatic carbocycles. The third-order valence-electron chi connectivity index (χ3n) is 4.16. The molecule has 2 aromatic rings. The Morgan fingerprint density at radius 2 is 1.79 bits per heavy atom. The summed E-state index contributed by atoms with van der Waals surface area (Å²) in [6.45, 7) is 4.44. The Bertz CT molecular complexity index is 781. The molecule has 0 bridgehead atoms. The van der Waals surface area contributed by atoms with Crippen molar-refractivity contribution in [3.63, 3.8) is 0 Å². The summed E-state index contributed by atoms with van der Waals surface area (Å²) in [5.74, 6) is 0.175. The molecule has 2 rings (SSSR count). The van der Waals surface area contributed by atoms with Crippen LogP contribution in [0.25, 0.3) is 0 Å². The summed E-state index contributed by atoms with van der Waals surface area (Å²) in [5.41, 5.74) is 0.891. The number of benzene rings is 2. The zero-order valence-corrected chi connectivity index (χ0v) is 18.9. The number of hydrogen-bond acceptors (Lipinski definition) is 3. The molecule has 7 heteroatoms. The van der Waals surface area contributed by atoms with Gasteiger partial charge in [0.2, 0.25) is 5.91 Å². The van der Waals surface area contributed by atoms with E-state index in [4.69, 9.17) is 16.3 Å². The van der Waals surface area contributed by atoms with Crippen molar-refractivity contribution in [2.75, 3.05) is 13.2 Å². The minimum atomic E-state index is -0.616. The van der Waals surface area contributed by atoms with Crippen molar-refractivity contribution in [3.8, 4) is 5.75 Å². The van der Waals surface area contributed by atoms with Gasteiger partial charge in [0.25, 0.3) is 5.91 Å². The van der Waals surface area contributed by atoms with Crippen LogP contribution in [0.4, 0.5) is 0 Å². The molecule has 0 aromatic heterocycles. The molecule has 0 aliphatic heterocycles. The van der Waals surface area contributed by atoms with Crippen molar-refractivity contribution in [1.82, 2.24) is 10.2 Å². The third kappa shape index (κ3) is 6.98. The van der Waals surface area contributed by atoms with Gasteiger partial charge in [0.1, 0.15) is 11.8 Å². The minimum Gasteiger partial charge on any atom is -0.484 e. The topological polar surface area (TPSA) is 58.6 Å². The van der Waals surface area contributed by atoms with Crippen LogP contribution in [0.2, 0.25) is 5.02 Å². The fraction of sp³-hybridized carbons (Fsp3) is 0.333. The molecule has 2 aromatic carbocycles. The molecule has 0 spiro atoms. The maximum Gasteiger partial charge on any atom is 0.261 e. The molecule has 5 nitrogen and oxygen atoms in total. The van der Waals surface area contributed by atoms with Crippen molar-refractivity contribution in [1.29, 1.82) is 0 Å². The minimum absolute atomic E-state index is 0.139. The number of rotatable bonds is 9. The van der Waals surface area contributed by atoms with E-state index in [1.54, 1.807) is 19.1 Å². The first-order valence-electron chi connectivity index (χ1n) is 9.10. The van der Waals surface area contributed by atoms with Crippen molar-refractivity contribution in [2.24, 2.45) is 0 Å². The Morgan fingerprint density at radius 3 is 2.39 bits per heavy atom. The molecule has 0 radical (unpaired) electrons.